The molecule has 0 saturated carbocycles. The number of piperidine rings is 1. The lowest BCUT2D eigenvalue weighted by molar-refractivity contribution is 0.116. The van der Waals surface area contributed by atoms with E-state index in [9.17, 15) is 0 Å². The van der Waals surface area contributed by atoms with Crippen molar-refractivity contribution >= 4 is 34.3 Å². The highest BCUT2D eigenvalue weighted by Gasteiger charge is 2.20. The van der Waals surface area contributed by atoms with Crippen molar-refractivity contribution in [3.05, 3.63) is 30.1 Å². The molecule has 5 rings (SSSR count). The smallest absolute Gasteiger partial charge is 0.229 e. The maximum atomic E-state index is 5.53. The Morgan fingerprint density at radius 1 is 1.00 bits per heavy atom. The van der Waals surface area contributed by atoms with Crippen LogP contribution in [0.15, 0.2) is 24.4 Å². The summed E-state index contributed by atoms with van der Waals surface area (Å²) in [5.74, 6) is 2.89. The average molecular weight is 450 g/mol. The Hall–Kier alpha value is -3.11. The Balaban J connectivity index is 1.43. The number of ether oxygens (including phenoxy) is 1. The van der Waals surface area contributed by atoms with Gasteiger partial charge in [0.15, 0.2) is 17.5 Å². The number of nitrogens with zero attached hydrogens (tertiary/aromatic N) is 7. The average Bonchev–Trinajstić information content (AvgIpc) is 2.89. The Bertz CT molecular complexity index is 1080. The topological polar surface area (TPSA) is 104 Å². The van der Waals surface area contributed by atoms with Crippen LogP contribution < -0.4 is 20.4 Å². The van der Waals surface area contributed by atoms with Gasteiger partial charge < -0.3 is 25.2 Å². The molecule has 0 radical (unpaired) electrons. The zero-order valence-electron chi connectivity index (χ0n) is 19.3. The van der Waals surface area contributed by atoms with Crippen molar-refractivity contribution in [1.29, 1.82) is 0 Å². The molecular formula is C23H31N9O. The van der Waals surface area contributed by atoms with Gasteiger partial charge in [0.25, 0.3) is 0 Å². The summed E-state index contributed by atoms with van der Waals surface area (Å²) in [4.78, 5) is 18.9. The van der Waals surface area contributed by atoms with Gasteiger partial charge in [-0.05, 0) is 44.4 Å². The quantitative estimate of drug-likeness (QED) is 0.583. The highest BCUT2D eigenvalue weighted by Crippen LogP contribution is 2.30. The van der Waals surface area contributed by atoms with Crippen LogP contribution in [0.25, 0.3) is 10.9 Å². The maximum Gasteiger partial charge on any atom is 0.229 e. The summed E-state index contributed by atoms with van der Waals surface area (Å²) in [6, 6.07) is 5.93. The molecule has 0 bridgehead atoms. The highest BCUT2D eigenvalue weighted by atomic mass is 16.5. The Kier molecular flexibility index (Phi) is 6.45. The van der Waals surface area contributed by atoms with Crippen molar-refractivity contribution in [2.45, 2.75) is 32.3 Å². The SMILES string of the molecule is COC(C)c1cc2cnc(Nc3ccc(N4CCNCC4)nn3)nc2c(N2CCCCC2)n1. The van der Waals surface area contributed by atoms with E-state index in [-0.39, 0.29) is 6.10 Å². The summed E-state index contributed by atoms with van der Waals surface area (Å²) >= 11 is 0. The third-order valence-electron chi connectivity index (χ3n) is 6.32. The van der Waals surface area contributed by atoms with Crippen LogP contribution in [0.5, 0.6) is 0 Å². The third-order valence-corrected chi connectivity index (χ3v) is 6.32. The number of nitrogens with one attached hydrogen (secondary N) is 2. The summed E-state index contributed by atoms with van der Waals surface area (Å²) in [6.07, 6.45) is 5.33. The van der Waals surface area contributed by atoms with E-state index in [1.54, 1.807) is 7.11 Å². The molecule has 3 aromatic rings. The van der Waals surface area contributed by atoms with Crippen molar-refractivity contribution < 1.29 is 4.74 Å². The second kappa shape index (κ2) is 9.80. The molecule has 0 aromatic carbocycles. The molecule has 1 unspecified atom stereocenters. The van der Waals surface area contributed by atoms with Crippen molar-refractivity contribution in [2.75, 3.05) is 61.5 Å². The molecular weight excluding hydrogens is 418 g/mol. The highest BCUT2D eigenvalue weighted by molar-refractivity contribution is 5.89. The first kappa shape index (κ1) is 21.7. The van der Waals surface area contributed by atoms with Crippen LogP contribution in [0.1, 0.15) is 38.0 Å². The van der Waals surface area contributed by atoms with Gasteiger partial charge in [0.05, 0.1) is 11.8 Å². The fraction of sp³-hybridized carbons (Fsp3) is 0.522. The number of anilines is 4. The fourth-order valence-electron chi connectivity index (χ4n) is 4.33. The predicted octanol–water partition coefficient (Wildman–Crippen LogP) is 2.67. The Morgan fingerprint density at radius 2 is 1.82 bits per heavy atom. The lowest BCUT2D eigenvalue weighted by Crippen LogP contribution is -2.43. The molecule has 2 fully saturated rings. The van der Waals surface area contributed by atoms with Crippen molar-refractivity contribution in [3.8, 4) is 0 Å². The van der Waals surface area contributed by atoms with Crippen molar-refractivity contribution in [2.24, 2.45) is 0 Å². The molecule has 5 heterocycles. The number of hydrogen-bond donors (Lipinski definition) is 2. The van der Waals surface area contributed by atoms with Crippen LogP contribution in [0.4, 0.5) is 23.4 Å². The zero-order chi connectivity index (χ0) is 22.6. The molecule has 10 heteroatoms. The number of rotatable bonds is 6. The maximum absolute atomic E-state index is 5.53. The van der Waals surface area contributed by atoms with Crippen LogP contribution in [-0.2, 0) is 4.74 Å². The van der Waals surface area contributed by atoms with Crippen LogP contribution in [0, 0.1) is 0 Å². The number of fused-ring (bicyclic) bond motifs is 1. The number of pyridine rings is 1. The van der Waals surface area contributed by atoms with Gasteiger partial charge in [0.1, 0.15) is 5.52 Å². The van der Waals surface area contributed by atoms with E-state index >= 15 is 0 Å². The minimum Gasteiger partial charge on any atom is -0.375 e. The molecule has 0 spiro atoms. The first-order valence-corrected chi connectivity index (χ1v) is 11.7. The molecule has 1 atom stereocenters. The monoisotopic (exact) mass is 449 g/mol. The van der Waals surface area contributed by atoms with E-state index in [0.717, 1.165) is 67.5 Å². The summed E-state index contributed by atoms with van der Waals surface area (Å²) < 4.78 is 5.53. The minimum absolute atomic E-state index is 0.0970. The summed E-state index contributed by atoms with van der Waals surface area (Å²) in [7, 11) is 1.70. The van der Waals surface area contributed by atoms with E-state index in [4.69, 9.17) is 14.7 Å². The molecule has 3 aromatic heterocycles. The summed E-state index contributed by atoms with van der Waals surface area (Å²) in [5, 5.41) is 16.2. The lowest BCUT2D eigenvalue weighted by Gasteiger charge is -2.29. The molecule has 33 heavy (non-hydrogen) atoms. The molecule has 2 aliphatic rings. The van der Waals surface area contributed by atoms with E-state index < -0.39 is 0 Å². The Morgan fingerprint density at radius 3 is 2.55 bits per heavy atom. The normalized spacial score (nSPS) is 17.9. The Labute approximate surface area is 193 Å². The summed E-state index contributed by atoms with van der Waals surface area (Å²) in [5.41, 5.74) is 1.73. The molecule has 174 valence electrons. The molecule has 2 saturated heterocycles. The second-order valence-electron chi connectivity index (χ2n) is 8.57. The van der Waals surface area contributed by atoms with Gasteiger partial charge >= 0.3 is 0 Å². The molecule has 0 aliphatic carbocycles. The standard InChI is InChI=1S/C23H31N9O/c1-16(33-2)18-14-17-15-25-23(28-21(17)22(26-18)32-10-4-3-5-11-32)27-19-6-7-20(30-29-19)31-12-8-24-9-13-31/h6-7,14-16,24H,3-5,8-13H2,1-2H3,(H,25,27,28,29). The fourth-order valence-corrected chi connectivity index (χ4v) is 4.33. The van der Waals surface area contributed by atoms with Gasteiger partial charge in [-0.25, -0.2) is 15.0 Å². The van der Waals surface area contributed by atoms with Crippen molar-refractivity contribution in [1.82, 2.24) is 30.5 Å². The molecule has 2 N–H and O–H groups in total. The van der Waals surface area contributed by atoms with Crippen molar-refractivity contribution in [3.63, 3.8) is 0 Å². The predicted molar refractivity (Wildman–Crippen MR) is 129 cm³/mol. The van der Waals surface area contributed by atoms with Gasteiger partial charge in [-0.3, -0.25) is 0 Å². The second-order valence-corrected chi connectivity index (χ2v) is 8.57. The minimum atomic E-state index is -0.0970. The van der Waals surface area contributed by atoms with E-state index in [1.165, 1.54) is 19.3 Å². The zero-order valence-corrected chi connectivity index (χ0v) is 19.3. The van der Waals surface area contributed by atoms with E-state index in [2.05, 4.69) is 35.6 Å². The van der Waals surface area contributed by atoms with E-state index in [0.29, 0.717) is 11.8 Å². The first-order valence-electron chi connectivity index (χ1n) is 11.7. The lowest BCUT2D eigenvalue weighted by atomic mass is 10.1. The number of hydrogen-bond acceptors (Lipinski definition) is 10. The molecule has 10 nitrogen and oxygen atoms in total. The van der Waals surface area contributed by atoms with Gasteiger partial charge in [-0.15, -0.1) is 10.2 Å². The van der Waals surface area contributed by atoms with Gasteiger partial charge in [0, 0.05) is 58.0 Å². The van der Waals surface area contributed by atoms with Gasteiger partial charge in [-0.1, -0.05) is 0 Å². The van der Waals surface area contributed by atoms with Crippen LogP contribution in [0.3, 0.4) is 0 Å². The summed E-state index contributed by atoms with van der Waals surface area (Å²) in [6.45, 7) is 7.77. The number of methoxy groups -OCH3 is 1. The van der Waals surface area contributed by atoms with Gasteiger partial charge in [-0.2, -0.15) is 0 Å². The molecule has 2 aliphatic heterocycles. The number of piperazine rings is 1. The largest absolute Gasteiger partial charge is 0.375 e. The van der Waals surface area contributed by atoms with Crippen LogP contribution in [0.2, 0.25) is 0 Å². The third kappa shape index (κ3) is 4.81. The molecule has 0 amide bonds. The van der Waals surface area contributed by atoms with Crippen LogP contribution in [-0.4, -0.2) is 71.5 Å². The number of aromatic nitrogens is 5. The van der Waals surface area contributed by atoms with Gasteiger partial charge in [0.2, 0.25) is 5.95 Å². The first-order chi connectivity index (χ1) is 16.2. The van der Waals surface area contributed by atoms with E-state index in [1.807, 2.05) is 31.3 Å². The van der Waals surface area contributed by atoms with Crippen LogP contribution >= 0.6 is 0 Å².